The minimum Gasteiger partial charge on any atom is -0.429 e. The molecular weight excluding hydrogens is 300 g/mol. The fraction of sp³-hybridized carbons (Fsp3) is 0.500. The van der Waals surface area contributed by atoms with E-state index in [4.69, 9.17) is 21.4 Å². The number of fused-ring (bicyclic) bond motifs is 1. The first-order chi connectivity index (χ1) is 10.7. The Labute approximate surface area is 133 Å². The number of amides is 1. The van der Waals surface area contributed by atoms with Crippen LogP contribution in [0.3, 0.4) is 0 Å². The van der Waals surface area contributed by atoms with Crippen LogP contribution < -0.4 is 0 Å². The van der Waals surface area contributed by atoms with Crippen LogP contribution in [0.1, 0.15) is 29.6 Å². The first-order valence-electron chi connectivity index (χ1n) is 7.72. The van der Waals surface area contributed by atoms with Crippen LogP contribution in [0.15, 0.2) is 22.6 Å². The number of carbonyl (C=O) groups excluding carboxylic acids is 1. The number of aromatic amines is 1. The van der Waals surface area contributed by atoms with Gasteiger partial charge in [-0.05, 0) is 49.7 Å². The summed E-state index contributed by atoms with van der Waals surface area (Å²) >= 11 is 4.99. The van der Waals surface area contributed by atoms with Crippen LogP contribution in [-0.4, -0.2) is 41.6 Å². The summed E-state index contributed by atoms with van der Waals surface area (Å²) in [4.78, 5) is 18.2. The number of rotatable bonds is 4. The standard InChI is InChI=1S/C16H18N2O3S/c19-15(11-1-4-13-14(7-11)21-16(22)17-13)18(12-2-3-12)8-10-5-6-20-9-10/h1,4,7,10,12H,2-3,5-6,8-9H2,(H,17,22). The highest BCUT2D eigenvalue weighted by molar-refractivity contribution is 7.71. The first kappa shape index (κ1) is 14.0. The molecule has 0 bridgehead atoms. The second-order valence-electron chi connectivity index (χ2n) is 6.14. The average Bonchev–Trinajstić information content (AvgIpc) is 3.08. The zero-order chi connectivity index (χ0) is 15.1. The summed E-state index contributed by atoms with van der Waals surface area (Å²) in [6, 6.07) is 5.86. The maximum absolute atomic E-state index is 12.9. The van der Waals surface area contributed by atoms with Crippen molar-refractivity contribution in [3.63, 3.8) is 0 Å². The van der Waals surface area contributed by atoms with Crippen LogP contribution >= 0.6 is 12.2 Å². The Morgan fingerprint density at radius 2 is 2.23 bits per heavy atom. The molecule has 1 unspecified atom stereocenters. The fourth-order valence-electron chi connectivity index (χ4n) is 3.03. The van der Waals surface area contributed by atoms with Gasteiger partial charge in [-0.25, -0.2) is 0 Å². The van der Waals surface area contributed by atoms with Gasteiger partial charge in [0.05, 0.1) is 12.1 Å². The van der Waals surface area contributed by atoms with Gasteiger partial charge in [-0.3, -0.25) is 4.79 Å². The molecule has 1 aliphatic heterocycles. The van der Waals surface area contributed by atoms with Gasteiger partial charge in [0.15, 0.2) is 5.58 Å². The lowest BCUT2D eigenvalue weighted by atomic mass is 10.1. The summed E-state index contributed by atoms with van der Waals surface area (Å²) in [5.41, 5.74) is 2.12. The molecule has 1 saturated carbocycles. The summed E-state index contributed by atoms with van der Waals surface area (Å²) in [6.45, 7) is 2.37. The first-order valence-corrected chi connectivity index (χ1v) is 8.13. The van der Waals surface area contributed by atoms with Crippen molar-refractivity contribution in [2.75, 3.05) is 19.8 Å². The van der Waals surface area contributed by atoms with E-state index in [1.807, 2.05) is 17.0 Å². The molecule has 1 saturated heterocycles. The molecule has 1 aliphatic carbocycles. The normalized spacial score (nSPS) is 21.4. The van der Waals surface area contributed by atoms with Crippen LogP contribution in [0.25, 0.3) is 11.1 Å². The van der Waals surface area contributed by atoms with E-state index in [9.17, 15) is 4.79 Å². The summed E-state index contributed by atoms with van der Waals surface area (Å²) < 4.78 is 10.9. The average molecular weight is 318 g/mol. The van der Waals surface area contributed by atoms with Gasteiger partial charge in [-0.2, -0.15) is 0 Å². The van der Waals surface area contributed by atoms with Gasteiger partial charge in [0, 0.05) is 30.7 Å². The second kappa shape index (κ2) is 5.52. The largest absolute Gasteiger partial charge is 0.429 e. The molecule has 0 radical (unpaired) electrons. The number of oxazole rings is 1. The van der Waals surface area contributed by atoms with Gasteiger partial charge in [-0.15, -0.1) is 0 Å². The van der Waals surface area contributed by atoms with Crippen molar-refractivity contribution >= 4 is 29.2 Å². The SMILES string of the molecule is O=C(c1ccc2[nH]c(=S)oc2c1)N(CC1CCOC1)C1CC1. The molecule has 1 atom stereocenters. The number of H-pyrrole nitrogens is 1. The highest BCUT2D eigenvalue weighted by Crippen LogP contribution is 2.30. The van der Waals surface area contributed by atoms with E-state index in [-0.39, 0.29) is 5.91 Å². The topological polar surface area (TPSA) is 58.5 Å². The van der Waals surface area contributed by atoms with Gasteiger partial charge < -0.3 is 19.0 Å². The summed E-state index contributed by atoms with van der Waals surface area (Å²) in [7, 11) is 0. The molecule has 4 rings (SSSR count). The molecule has 2 heterocycles. The molecule has 22 heavy (non-hydrogen) atoms. The minimum atomic E-state index is 0.0821. The molecule has 2 aliphatic rings. The zero-order valence-electron chi connectivity index (χ0n) is 12.2. The van der Waals surface area contributed by atoms with Crippen molar-refractivity contribution < 1.29 is 13.9 Å². The Morgan fingerprint density at radius 1 is 1.36 bits per heavy atom. The van der Waals surface area contributed by atoms with E-state index >= 15 is 0 Å². The Morgan fingerprint density at radius 3 is 2.95 bits per heavy atom. The maximum atomic E-state index is 12.9. The molecule has 1 N–H and O–H groups in total. The summed E-state index contributed by atoms with van der Waals surface area (Å²) in [5, 5.41) is 0. The van der Waals surface area contributed by atoms with Gasteiger partial charge in [0.1, 0.15) is 0 Å². The van der Waals surface area contributed by atoms with Crippen LogP contribution in [-0.2, 0) is 4.74 Å². The molecule has 0 spiro atoms. The highest BCUT2D eigenvalue weighted by atomic mass is 32.1. The van der Waals surface area contributed by atoms with E-state index < -0.39 is 0 Å². The number of nitrogens with one attached hydrogen (secondary N) is 1. The van der Waals surface area contributed by atoms with E-state index in [2.05, 4.69) is 4.98 Å². The minimum absolute atomic E-state index is 0.0821. The summed E-state index contributed by atoms with van der Waals surface area (Å²) in [6.07, 6.45) is 3.25. The second-order valence-corrected chi connectivity index (χ2v) is 6.51. The third-order valence-corrected chi connectivity index (χ3v) is 4.58. The molecule has 1 amide bonds. The Kier molecular flexibility index (Phi) is 3.50. The lowest BCUT2D eigenvalue weighted by Crippen LogP contribution is -2.37. The maximum Gasteiger partial charge on any atom is 0.266 e. The Hall–Kier alpha value is -1.66. The highest BCUT2D eigenvalue weighted by Gasteiger charge is 2.35. The number of benzene rings is 1. The van der Waals surface area contributed by atoms with Crippen LogP contribution in [0.4, 0.5) is 0 Å². The van der Waals surface area contributed by atoms with Gasteiger partial charge in [0.2, 0.25) is 0 Å². The third-order valence-electron chi connectivity index (χ3n) is 4.40. The van der Waals surface area contributed by atoms with E-state index in [1.54, 1.807) is 6.07 Å². The molecule has 2 fully saturated rings. The molecule has 1 aromatic carbocycles. The Bertz CT molecular complexity index is 756. The smallest absolute Gasteiger partial charge is 0.266 e. The van der Waals surface area contributed by atoms with E-state index in [0.717, 1.165) is 44.5 Å². The van der Waals surface area contributed by atoms with Crippen LogP contribution in [0.5, 0.6) is 0 Å². The number of nitrogens with zero attached hydrogens (tertiary/aromatic N) is 1. The number of aromatic nitrogens is 1. The molecular formula is C16H18N2O3S. The van der Waals surface area contributed by atoms with E-state index in [0.29, 0.717) is 27.9 Å². The van der Waals surface area contributed by atoms with Crippen LogP contribution in [0.2, 0.25) is 0 Å². The third kappa shape index (κ3) is 2.68. The number of hydrogen-bond acceptors (Lipinski definition) is 4. The molecule has 6 heteroatoms. The molecule has 1 aromatic heterocycles. The van der Waals surface area contributed by atoms with E-state index in [1.165, 1.54) is 0 Å². The van der Waals surface area contributed by atoms with Gasteiger partial charge >= 0.3 is 0 Å². The predicted molar refractivity (Wildman–Crippen MR) is 84.4 cm³/mol. The van der Waals surface area contributed by atoms with Crippen molar-refractivity contribution in [1.82, 2.24) is 9.88 Å². The van der Waals surface area contributed by atoms with Crippen LogP contribution in [0, 0.1) is 10.8 Å². The Balaban J connectivity index is 1.59. The monoisotopic (exact) mass is 318 g/mol. The van der Waals surface area contributed by atoms with Gasteiger partial charge in [0.25, 0.3) is 10.7 Å². The lowest BCUT2D eigenvalue weighted by Gasteiger charge is -2.25. The molecule has 116 valence electrons. The molecule has 2 aromatic rings. The van der Waals surface area contributed by atoms with Crippen molar-refractivity contribution in [3.05, 3.63) is 28.6 Å². The molecule has 5 nitrogen and oxygen atoms in total. The van der Waals surface area contributed by atoms with Crippen molar-refractivity contribution in [1.29, 1.82) is 0 Å². The fourth-order valence-corrected chi connectivity index (χ4v) is 3.23. The number of ether oxygens (including phenoxy) is 1. The number of hydrogen-bond donors (Lipinski definition) is 1. The van der Waals surface area contributed by atoms with Gasteiger partial charge in [-0.1, -0.05) is 0 Å². The van der Waals surface area contributed by atoms with Crippen molar-refractivity contribution in [2.45, 2.75) is 25.3 Å². The van der Waals surface area contributed by atoms with Crippen molar-refractivity contribution in [3.8, 4) is 0 Å². The van der Waals surface area contributed by atoms with Crippen molar-refractivity contribution in [2.24, 2.45) is 5.92 Å². The number of carbonyl (C=O) groups is 1. The predicted octanol–water partition coefficient (Wildman–Crippen LogP) is 3.13. The summed E-state index contributed by atoms with van der Waals surface area (Å²) in [5.74, 6) is 0.545. The lowest BCUT2D eigenvalue weighted by molar-refractivity contribution is 0.0706. The zero-order valence-corrected chi connectivity index (χ0v) is 13.0. The quantitative estimate of drug-likeness (QED) is 0.880.